The Morgan fingerprint density at radius 3 is 1.86 bits per heavy atom. The predicted molar refractivity (Wildman–Crippen MR) is 90.7 cm³/mol. The molecule has 0 atom stereocenters. The second-order valence-electron chi connectivity index (χ2n) is 6.49. The lowest BCUT2D eigenvalue weighted by atomic mass is 10.1. The van der Waals surface area contributed by atoms with E-state index in [0.29, 0.717) is 18.9 Å². The number of nitrogens with one attached hydrogen (secondary N) is 1. The van der Waals surface area contributed by atoms with Crippen molar-refractivity contribution in [2.24, 2.45) is 5.92 Å². The molecule has 0 aromatic carbocycles. The van der Waals surface area contributed by atoms with E-state index in [4.69, 9.17) is 4.74 Å². The number of unbranched alkanes of at least 4 members (excludes halogenated alkanes) is 8. The minimum absolute atomic E-state index is 0.0483. The van der Waals surface area contributed by atoms with Crippen LogP contribution in [0.5, 0.6) is 0 Å². The molecule has 0 aliphatic carbocycles. The lowest BCUT2D eigenvalue weighted by Gasteiger charge is -2.07. The normalized spacial score (nSPS) is 10.7. The molecule has 0 rings (SSSR count). The number of amides is 1. The maximum absolute atomic E-state index is 11.4. The first kappa shape index (κ1) is 20.9. The molecule has 0 saturated carbocycles. The van der Waals surface area contributed by atoms with Crippen molar-refractivity contribution in [3.05, 3.63) is 0 Å². The molecule has 0 radical (unpaired) electrons. The Balaban J connectivity index is 3.14. The highest BCUT2D eigenvalue weighted by Crippen LogP contribution is 2.11. The van der Waals surface area contributed by atoms with Crippen LogP contribution in [-0.2, 0) is 14.3 Å². The van der Waals surface area contributed by atoms with E-state index >= 15 is 0 Å². The number of hydrogen-bond donors (Lipinski definition) is 1. The van der Waals surface area contributed by atoms with Crippen molar-refractivity contribution in [2.75, 3.05) is 13.2 Å². The van der Waals surface area contributed by atoms with Crippen molar-refractivity contribution in [2.45, 2.75) is 85.0 Å². The molecule has 0 saturated heterocycles. The van der Waals surface area contributed by atoms with Gasteiger partial charge in [-0.15, -0.1) is 0 Å². The number of carbonyl (C=O) groups excluding carboxylic acids is 2. The molecule has 1 amide bonds. The van der Waals surface area contributed by atoms with E-state index in [9.17, 15) is 9.59 Å². The van der Waals surface area contributed by atoms with Gasteiger partial charge in [-0.3, -0.25) is 9.59 Å². The van der Waals surface area contributed by atoms with Gasteiger partial charge in [0.2, 0.25) is 5.91 Å². The molecular formula is C18H35NO3. The molecule has 22 heavy (non-hydrogen) atoms. The van der Waals surface area contributed by atoms with Crippen molar-refractivity contribution >= 4 is 11.9 Å². The summed E-state index contributed by atoms with van der Waals surface area (Å²) in [6, 6.07) is 0. The highest BCUT2D eigenvalue weighted by molar-refractivity contribution is 5.72. The van der Waals surface area contributed by atoms with Crippen LogP contribution in [0.2, 0.25) is 0 Å². The molecule has 0 aliphatic heterocycles. The summed E-state index contributed by atoms with van der Waals surface area (Å²) in [4.78, 5) is 22.1. The third-order valence-electron chi connectivity index (χ3n) is 3.51. The zero-order valence-electron chi connectivity index (χ0n) is 14.8. The van der Waals surface area contributed by atoms with Crippen LogP contribution >= 0.6 is 0 Å². The maximum atomic E-state index is 11.4. The van der Waals surface area contributed by atoms with Crippen LogP contribution in [-0.4, -0.2) is 25.0 Å². The fraction of sp³-hybridized carbons (Fsp3) is 0.889. The molecule has 4 heteroatoms. The minimum atomic E-state index is -0.0483. The van der Waals surface area contributed by atoms with E-state index in [0.717, 1.165) is 25.8 Å². The average Bonchev–Trinajstić information content (AvgIpc) is 2.45. The largest absolute Gasteiger partial charge is 0.465 e. The molecule has 0 unspecified atom stereocenters. The first-order chi connectivity index (χ1) is 10.5. The summed E-state index contributed by atoms with van der Waals surface area (Å²) in [5.74, 6) is 0.433. The Labute approximate surface area is 136 Å². The van der Waals surface area contributed by atoms with Crippen molar-refractivity contribution in [1.29, 1.82) is 0 Å². The SMILES string of the molecule is CC(=O)NCCCCCCCCCCCC(=O)OCC(C)C. The number of hydrogen-bond acceptors (Lipinski definition) is 3. The molecule has 0 aromatic heterocycles. The first-order valence-electron chi connectivity index (χ1n) is 8.92. The molecule has 0 heterocycles. The van der Waals surface area contributed by atoms with Gasteiger partial charge in [0.1, 0.15) is 0 Å². The first-order valence-corrected chi connectivity index (χ1v) is 8.92. The quantitative estimate of drug-likeness (QED) is 0.386. The molecule has 0 bridgehead atoms. The number of ether oxygens (including phenoxy) is 1. The van der Waals surface area contributed by atoms with Crippen molar-refractivity contribution in [3.63, 3.8) is 0 Å². The Bertz CT molecular complexity index is 290. The van der Waals surface area contributed by atoms with Crippen LogP contribution in [0, 0.1) is 5.92 Å². The molecule has 0 aliphatic rings. The van der Waals surface area contributed by atoms with E-state index in [-0.39, 0.29) is 11.9 Å². The van der Waals surface area contributed by atoms with Gasteiger partial charge in [0.25, 0.3) is 0 Å². The molecule has 1 N–H and O–H groups in total. The van der Waals surface area contributed by atoms with Gasteiger partial charge in [-0.2, -0.15) is 0 Å². The van der Waals surface area contributed by atoms with Gasteiger partial charge < -0.3 is 10.1 Å². The Morgan fingerprint density at radius 1 is 0.864 bits per heavy atom. The summed E-state index contributed by atoms with van der Waals surface area (Å²) in [6.45, 7) is 7.01. The summed E-state index contributed by atoms with van der Waals surface area (Å²) < 4.78 is 5.14. The van der Waals surface area contributed by atoms with Crippen molar-refractivity contribution in [3.8, 4) is 0 Å². The van der Waals surface area contributed by atoms with Gasteiger partial charge in [0.15, 0.2) is 0 Å². The lowest BCUT2D eigenvalue weighted by molar-refractivity contribution is -0.144. The Kier molecular flexibility index (Phi) is 14.1. The fourth-order valence-corrected chi connectivity index (χ4v) is 2.23. The van der Waals surface area contributed by atoms with Crippen LogP contribution in [0.1, 0.15) is 85.0 Å². The number of esters is 1. The van der Waals surface area contributed by atoms with Crippen LogP contribution in [0.15, 0.2) is 0 Å². The average molecular weight is 313 g/mol. The number of carbonyl (C=O) groups is 2. The summed E-state index contributed by atoms with van der Waals surface area (Å²) in [6.07, 6.45) is 11.2. The molecule has 0 aromatic rings. The van der Waals surface area contributed by atoms with Crippen molar-refractivity contribution < 1.29 is 14.3 Å². The van der Waals surface area contributed by atoms with Crippen LogP contribution in [0.3, 0.4) is 0 Å². The predicted octanol–water partition coefficient (Wildman–Crippen LogP) is 4.22. The topological polar surface area (TPSA) is 55.4 Å². The van der Waals surface area contributed by atoms with E-state index in [1.165, 1.54) is 38.5 Å². The maximum Gasteiger partial charge on any atom is 0.305 e. The standard InChI is InChI=1S/C18H35NO3/c1-16(2)15-22-18(21)13-11-9-7-5-4-6-8-10-12-14-19-17(3)20/h16H,4-15H2,1-3H3,(H,19,20). The molecular weight excluding hydrogens is 278 g/mol. The van der Waals surface area contributed by atoms with Gasteiger partial charge in [-0.1, -0.05) is 58.8 Å². The molecule has 0 spiro atoms. The lowest BCUT2D eigenvalue weighted by Crippen LogP contribution is -2.20. The third-order valence-corrected chi connectivity index (χ3v) is 3.51. The van der Waals surface area contributed by atoms with Gasteiger partial charge >= 0.3 is 5.97 Å². The Morgan fingerprint density at radius 2 is 1.36 bits per heavy atom. The molecule has 4 nitrogen and oxygen atoms in total. The fourth-order valence-electron chi connectivity index (χ4n) is 2.23. The summed E-state index contributed by atoms with van der Waals surface area (Å²) >= 11 is 0. The highest BCUT2D eigenvalue weighted by atomic mass is 16.5. The van der Waals surface area contributed by atoms with E-state index < -0.39 is 0 Å². The van der Waals surface area contributed by atoms with Crippen LogP contribution in [0.4, 0.5) is 0 Å². The smallest absolute Gasteiger partial charge is 0.305 e. The summed E-state index contributed by atoms with van der Waals surface area (Å²) in [5.41, 5.74) is 0. The minimum Gasteiger partial charge on any atom is -0.465 e. The highest BCUT2D eigenvalue weighted by Gasteiger charge is 2.03. The number of rotatable bonds is 14. The van der Waals surface area contributed by atoms with E-state index in [2.05, 4.69) is 5.32 Å². The molecule has 130 valence electrons. The van der Waals surface area contributed by atoms with Crippen LogP contribution in [0.25, 0.3) is 0 Å². The van der Waals surface area contributed by atoms with Gasteiger partial charge in [-0.05, 0) is 18.8 Å². The van der Waals surface area contributed by atoms with Crippen LogP contribution < -0.4 is 5.32 Å². The second kappa shape index (κ2) is 14.9. The third kappa shape index (κ3) is 17.0. The second-order valence-corrected chi connectivity index (χ2v) is 6.49. The Hall–Kier alpha value is -1.06. The van der Waals surface area contributed by atoms with E-state index in [1.807, 2.05) is 13.8 Å². The monoisotopic (exact) mass is 313 g/mol. The zero-order valence-corrected chi connectivity index (χ0v) is 14.8. The summed E-state index contributed by atoms with van der Waals surface area (Å²) in [5, 5.41) is 2.82. The van der Waals surface area contributed by atoms with Gasteiger partial charge in [0.05, 0.1) is 6.61 Å². The van der Waals surface area contributed by atoms with E-state index in [1.54, 1.807) is 6.92 Å². The molecule has 0 fully saturated rings. The summed E-state index contributed by atoms with van der Waals surface area (Å²) in [7, 11) is 0. The van der Waals surface area contributed by atoms with Crippen molar-refractivity contribution in [1.82, 2.24) is 5.32 Å². The van der Waals surface area contributed by atoms with Gasteiger partial charge in [-0.25, -0.2) is 0 Å². The van der Waals surface area contributed by atoms with Gasteiger partial charge in [0, 0.05) is 19.9 Å². The zero-order chi connectivity index (χ0) is 16.6.